The summed E-state index contributed by atoms with van der Waals surface area (Å²) in [4.78, 5) is 12.9. The molecule has 0 aliphatic heterocycles. The third-order valence-electron chi connectivity index (χ3n) is 4.30. The summed E-state index contributed by atoms with van der Waals surface area (Å²) >= 11 is 1.49. The van der Waals surface area contributed by atoms with E-state index in [1.807, 2.05) is 6.07 Å². The lowest BCUT2D eigenvalue weighted by atomic mass is 10.2. The minimum Gasteiger partial charge on any atom is -0.360 e. The van der Waals surface area contributed by atoms with Crippen molar-refractivity contribution >= 4 is 23.1 Å². The summed E-state index contributed by atoms with van der Waals surface area (Å²) in [6, 6.07) is 4.32. The second kappa shape index (κ2) is 5.52. The van der Waals surface area contributed by atoms with E-state index < -0.39 is 0 Å². The number of rotatable bonds is 6. The first-order valence-corrected chi connectivity index (χ1v) is 8.63. The van der Waals surface area contributed by atoms with Gasteiger partial charge in [-0.25, -0.2) is 0 Å². The maximum absolute atomic E-state index is 12.2. The number of nitrogens with zero attached hydrogens (tertiary/aromatic N) is 1. The Morgan fingerprint density at radius 3 is 3.05 bits per heavy atom. The number of aromatic nitrogens is 1. The van der Waals surface area contributed by atoms with Crippen molar-refractivity contribution in [2.24, 2.45) is 5.92 Å². The molecule has 0 aromatic carbocycles. The van der Waals surface area contributed by atoms with Crippen LogP contribution in [0.4, 0.5) is 5.82 Å². The molecule has 2 unspecified atom stereocenters. The first-order chi connectivity index (χ1) is 10.7. The molecule has 2 N–H and O–H groups in total. The van der Waals surface area contributed by atoms with Crippen LogP contribution in [0.1, 0.15) is 46.2 Å². The highest BCUT2D eigenvalue weighted by Gasteiger charge is 2.39. The van der Waals surface area contributed by atoms with E-state index in [2.05, 4.69) is 21.2 Å². The molecule has 2 aliphatic rings. The van der Waals surface area contributed by atoms with Gasteiger partial charge in [0.15, 0.2) is 5.82 Å². The smallest absolute Gasteiger partial charge is 0.266 e. The van der Waals surface area contributed by atoms with Crippen molar-refractivity contribution in [1.29, 1.82) is 0 Å². The van der Waals surface area contributed by atoms with Gasteiger partial charge in [-0.3, -0.25) is 4.79 Å². The van der Waals surface area contributed by atoms with Crippen LogP contribution >= 0.6 is 11.3 Å². The van der Waals surface area contributed by atoms with Crippen LogP contribution < -0.4 is 10.6 Å². The largest absolute Gasteiger partial charge is 0.360 e. The van der Waals surface area contributed by atoms with E-state index in [1.54, 1.807) is 13.0 Å². The Morgan fingerprint density at radius 2 is 2.32 bits per heavy atom. The zero-order valence-corrected chi connectivity index (χ0v) is 13.3. The summed E-state index contributed by atoms with van der Waals surface area (Å²) in [6.07, 6.45) is 3.95. The van der Waals surface area contributed by atoms with Gasteiger partial charge in [-0.1, -0.05) is 5.16 Å². The molecular formula is C16H19N3O2S. The number of anilines is 1. The monoisotopic (exact) mass is 317 g/mol. The van der Waals surface area contributed by atoms with Crippen LogP contribution in [-0.4, -0.2) is 23.7 Å². The Morgan fingerprint density at radius 1 is 1.45 bits per heavy atom. The number of thiophene rings is 1. The lowest BCUT2D eigenvalue weighted by molar-refractivity contribution is 0.102. The Hall–Kier alpha value is -1.66. The van der Waals surface area contributed by atoms with Crippen molar-refractivity contribution in [3.8, 4) is 0 Å². The number of hydrogen-bond donors (Lipinski definition) is 2. The highest BCUT2D eigenvalue weighted by Crippen LogP contribution is 2.43. The molecule has 0 bridgehead atoms. The van der Waals surface area contributed by atoms with Gasteiger partial charge in [0.1, 0.15) is 5.76 Å². The lowest BCUT2D eigenvalue weighted by Crippen LogP contribution is -2.20. The van der Waals surface area contributed by atoms with Gasteiger partial charge in [0.05, 0.1) is 4.88 Å². The first-order valence-electron chi connectivity index (χ1n) is 7.75. The maximum Gasteiger partial charge on any atom is 0.266 e. The van der Waals surface area contributed by atoms with E-state index >= 15 is 0 Å². The summed E-state index contributed by atoms with van der Waals surface area (Å²) in [5.74, 6) is 2.52. The zero-order valence-electron chi connectivity index (χ0n) is 12.5. The van der Waals surface area contributed by atoms with Crippen molar-refractivity contribution < 1.29 is 9.32 Å². The van der Waals surface area contributed by atoms with E-state index in [9.17, 15) is 4.79 Å². The van der Waals surface area contributed by atoms with Crippen molar-refractivity contribution in [3.05, 3.63) is 33.7 Å². The average Bonchev–Trinajstić information content (AvgIpc) is 3.38. The Labute approximate surface area is 133 Å². The molecule has 2 heterocycles. The van der Waals surface area contributed by atoms with Crippen molar-refractivity contribution in [2.75, 3.05) is 11.9 Å². The molecule has 2 fully saturated rings. The molecule has 0 radical (unpaired) electrons. The van der Waals surface area contributed by atoms with Gasteiger partial charge < -0.3 is 15.2 Å². The zero-order chi connectivity index (χ0) is 15.1. The van der Waals surface area contributed by atoms with Crippen LogP contribution in [0.15, 0.2) is 22.0 Å². The van der Waals surface area contributed by atoms with Gasteiger partial charge in [0.2, 0.25) is 0 Å². The molecular weight excluding hydrogens is 298 g/mol. The van der Waals surface area contributed by atoms with Crippen molar-refractivity contribution in [2.45, 2.75) is 38.1 Å². The summed E-state index contributed by atoms with van der Waals surface area (Å²) in [6.45, 7) is 2.96. The quantitative estimate of drug-likeness (QED) is 0.859. The normalized spacial score (nSPS) is 23.5. The molecule has 2 atom stereocenters. The molecule has 116 valence electrons. The van der Waals surface area contributed by atoms with Crippen LogP contribution in [0.3, 0.4) is 0 Å². The molecule has 1 amide bonds. The summed E-state index contributed by atoms with van der Waals surface area (Å²) in [5.41, 5.74) is 1.28. The molecule has 2 saturated carbocycles. The molecule has 5 nitrogen and oxygen atoms in total. The Kier molecular flexibility index (Phi) is 3.50. The highest BCUT2D eigenvalue weighted by molar-refractivity contribution is 7.12. The Bertz CT molecular complexity index is 689. The molecule has 2 aromatic heterocycles. The molecule has 2 aliphatic carbocycles. The van der Waals surface area contributed by atoms with Crippen LogP contribution in [0.2, 0.25) is 0 Å². The topological polar surface area (TPSA) is 67.2 Å². The Balaban J connectivity index is 1.34. The number of aryl methyl sites for hydroxylation is 1. The minimum atomic E-state index is -0.118. The van der Waals surface area contributed by atoms with E-state index in [4.69, 9.17) is 4.52 Å². The van der Waals surface area contributed by atoms with Crippen LogP contribution in [0.25, 0.3) is 0 Å². The number of nitrogens with one attached hydrogen (secondary N) is 2. The summed E-state index contributed by atoms with van der Waals surface area (Å²) in [5, 5.41) is 12.3. The van der Waals surface area contributed by atoms with E-state index in [1.165, 1.54) is 36.2 Å². The van der Waals surface area contributed by atoms with E-state index in [0.717, 1.165) is 17.3 Å². The molecule has 6 heteroatoms. The van der Waals surface area contributed by atoms with E-state index in [0.29, 0.717) is 23.5 Å². The molecule has 2 aromatic rings. The van der Waals surface area contributed by atoms with Gasteiger partial charge in [0.25, 0.3) is 5.91 Å². The van der Waals surface area contributed by atoms with Crippen molar-refractivity contribution in [1.82, 2.24) is 10.5 Å². The SMILES string of the molecule is Cc1cc(NC(=O)c2cc(C3CC3NCC3CC3)cs2)no1. The number of carbonyl (C=O) groups is 1. The standard InChI is InChI=1S/C16H19N3O2S/c1-9-4-15(19-21-9)18-16(20)14-5-11(8-22-14)12-6-13(12)17-7-10-2-3-10/h4-5,8,10,12-13,17H,2-3,6-7H2,1H3,(H,18,19,20). The second-order valence-electron chi connectivity index (χ2n) is 6.32. The highest BCUT2D eigenvalue weighted by atomic mass is 32.1. The fraction of sp³-hybridized carbons (Fsp3) is 0.500. The van der Waals surface area contributed by atoms with E-state index in [-0.39, 0.29) is 5.91 Å². The third-order valence-corrected chi connectivity index (χ3v) is 5.24. The van der Waals surface area contributed by atoms with Crippen molar-refractivity contribution in [3.63, 3.8) is 0 Å². The number of carbonyl (C=O) groups excluding carboxylic acids is 1. The fourth-order valence-corrected chi connectivity index (χ4v) is 3.56. The van der Waals surface area contributed by atoms with Gasteiger partial charge in [-0.05, 0) is 55.7 Å². The lowest BCUT2D eigenvalue weighted by Gasteiger charge is -2.01. The molecule has 0 saturated heterocycles. The van der Waals surface area contributed by atoms with Gasteiger partial charge in [0, 0.05) is 18.0 Å². The average molecular weight is 317 g/mol. The molecule has 0 spiro atoms. The third kappa shape index (κ3) is 3.08. The maximum atomic E-state index is 12.2. The number of amides is 1. The summed E-state index contributed by atoms with van der Waals surface area (Å²) < 4.78 is 4.95. The summed E-state index contributed by atoms with van der Waals surface area (Å²) in [7, 11) is 0. The minimum absolute atomic E-state index is 0.118. The first kappa shape index (κ1) is 14.0. The molecule has 22 heavy (non-hydrogen) atoms. The van der Waals surface area contributed by atoms with Crippen LogP contribution in [0.5, 0.6) is 0 Å². The predicted molar refractivity (Wildman–Crippen MR) is 85.4 cm³/mol. The van der Waals surface area contributed by atoms with Gasteiger partial charge >= 0.3 is 0 Å². The van der Waals surface area contributed by atoms with Crippen LogP contribution in [0, 0.1) is 12.8 Å². The predicted octanol–water partition coefficient (Wildman–Crippen LogP) is 3.15. The second-order valence-corrected chi connectivity index (χ2v) is 7.23. The molecule has 4 rings (SSSR count). The number of hydrogen-bond acceptors (Lipinski definition) is 5. The van der Waals surface area contributed by atoms with Gasteiger partial charge in [-0.2, -0.15) is 0 Å². The van der Waals surface area contributed by atoms with Gasteiger partial charge in [-0.15, -0.1) is 11.3 Å². The fourth-order valence-electron chi connectivity index (χ4n) is 2.70. The van der Waals surface area contributed by atoms with Crippen LogP contribution in [-0.2, 0) is 0 Å².